The van der Waals surface area contributed by atoms with E-state index in [1.165, 1.54) is 12.8 Å². The first-order chi connectivity index (χ1) is 11.5. The SMILES string of the molecule is Cc1nnc(CCNS(=O)(=O)c2ccc(OC3CCCC3)cc2)o1. The van der Waals surface area contributed by atoms with E-state index in [0.29, 0.717) is 24.0 Å². The van der Waals surface area contributed by atoms with Crippen molar-refractivity contribution >= 4 is 10.0 Å². The predicted molar refractivity (Wildman–Crippen MR) is 87.3 cm³/mol. The van der Waals surface area contributed by atoms with Gasteiger partial charge >= 0.3 is 0 Å². The van der Waals surface area contributed by atoms with E-state index < -0.39 is 10.0 Å². The van der Waals surface area contributed by atoms with Crippen LogP contribution in [0.5, 0.6) is 5.75 Å². The highest BCUT2D eigenvalue weighted by molar-refractivity contribution is 7.89. The van der Waals surface area contributed by atoms with Crippen LogP contribution < -0.4 is 9.46 Å². The van der Waals surface area contributed by atoms with Gasteiger partial charge in [-0.2, -0.15) is 0 Å². The van der Waals surface area contributed by atoms with Gasteiger partial charge in [-0.15, -0.1) is 10.2 Å². The highest BCUT2D eigenvalue weighted by Gasteiger charge is 2.18. The van der Waals surface area contributed by atoms with Gasteiger partial charge < -0.3 is 9.15 Å². The summed E-state index contributed by atoms with van der Waals surface area (Å²) in [6.07, 6.45) is 5.13. The smallest absolute Gasteiger partial charge is 0.240 e. The van der Waals surface area contributed by atoms with E-state index in [1.807, 2.05) is 0 Å². The van der Waals surface area contributed by atoms with Crippen LogP contribution in [0, 0.1) is 6.92 Å². The quantitative estimate of drug-likeness (QED) is 0.822. The number of ether oxygens (including phenoxy) is 1. The topological polar surface area (TPSA) is 94.3 Å². The summed E-state index contributed by atoms with van der Waals surface area (Å²) in [7, 11) is -3.56. The van der Waals surface area contributed by atoms with Crippen LogP contribution in [0.4, 0.5) is 0 Å². The van der Waals surface area contributed by atoms with E-state index in [9.17, 15) is 8.42 Å². The summed E-state index contributed by atoms with van der Waals surface area (Å²) in [5, 5.41) is 7.53. The average molecular weight is 351 g/mol. The molecular weight excluding hydrogens is 330 g/mol. The molecule has 1 heterocycles. The molecule has 0 bridgehead atoms. The van der Waals surface area contributed by atoms with Crippen molar-refractivity contribution in [1.82, 2.24) is 14.9 Å². The molecule has 0 amide bonds. The lowest BCUT2D eigenvalue weighted by Crippen LogP contribution is -2.26. The molecule has 3 rings (SSSR count). The zero-order chi connectivity index (χ0) is 17.0. The summed E-state index contributed by atoms with van der Waals surface area (Å²) >= 11 is 0. The monoisotopic (exact) mass is 351 g/mol. The normalized spacial score (nSPS) is 15.7. The van der Waals surface area contributed by atoms with Crippen molar-refractivity contribution in [2.75, 3.05) is 6.54 Å². The van der Waals surface area contributed by atoms with Crippen LogP contribution in [-0.4, -0.2) is 31.3 Å². The first-order valence-electron chi connectivity index (χ1n) is 8.08. The van der Waals surface area contributed by atoms with Crippen molar-refractivity contribution in [1.29, 1.82) is 0 Å². The molecule has 1 aliphatic rings. The van der Waals surface area contributed by atoms with Crippen LogP contribution in [0.3, 0.4) is 0 Å². The van der Waals surface area contributed by atoms with Gasteiger partial charge in [0.05, 0.1) is 11.0 Å². The molecule has 130 valence electrons. The summed E-state index contributed by atoms with van der Waals surface area (Å²) in [4.78, 5) is 0.211. The van der Waals surface area contributed by atoms with E-state index in [1.54, 1.807) is 31.2 Å². The summed E-state index contributed by atoms with van der Waals surface area (Å²) in [6.45, 7) is 1.89. The van der Waals surface area contributed by atoms with Gasteiger partial charge in [0.15, 0.2) is 0 Å². The third-order valence-electron chi connectivity index (χ3n) is 3.94. The van der Waals surface area contributed by atoms with E-state index in [-0.39, 0.29) is 17.5 Å². The fourth-order valence-electron chi connectivity index (χ4n) is 2.71. The van der Waals surface area contributed by atoms with Crippen molar-refractivity contribution in [3.8, 4) is 5.75 Å². The molecule has 1 fully saturated rings. The lowest BCUT2D eigenvalue weighted by atomic mass is 10.3. The van der Waals surface area contributed by atoms with Gasteiger partial charge in [-0.25, -0.2) is 13.1 Å². The van der Waals surface area contributed by atoms with Crippen molar-refractivity contribution in [3.63, 3.8) is 0 Å². The lowest BCUT2D eigenvalue weighted by molar-refractivity contribution is 0.210. The zero-order valence-corrected chi connectivity index (χ0v) is 14.4. The standard InChI is InChI=1S/C16H21N3O4S/c1-12-18-19-16(22-12)10-11-17-24(20,21)15-8-6-14(7-9-15)23-13-4-2-3-5-13/h6-9,13,17H,2-5,10-11H2,1H3. The highest BCUT2D eigenvalue weighted by atomic mass is 32.2. The molecule has 8 heteroatoms. The Labute approximate surface area is 141 Å². The summed E-state index contributed by atoms with van der Waals surface area (Å²) < 4.78 is 38.1. The molecule has 1 N–H and O–H groups in total. The third-order valence-corrected chi connectivity index (χ3v) is 5.41. The van der Waals surface area contributed by atoms with Crippen molar-refractivity contribution in [2.24, 2.45) is 0 Å². The van der Waals surface area contributed by atoms with E-state index in [0.717, 1.165) is 12.8 Å². The van der Waals surface area contributed by atoms with E-state index in [2.05, 4.69) is 14.9 Å². The minimum Gasteiger partial charge on any atom is -0.490 e. The van der Waals surface area contributed by atoms with E-state index in [4.69, 9.17) is 9.15 Å². The molecule has 24 heavy (non-hydrogen) atoms. The number of hydrogen-bond donors (Lipinski definition) is 1. The third kappa shape index (κ3) is 4.33. The zero-order valence-electron chi connectivity index (χ0n) is 13.6. The van der Waals surface area contributed by atoms with Crippen LogP contribution in [0.15, 0.2) is 33.6 Å². The van der Waals surface area contributed by atoms with Crippen LogP contribution in [0.2, 0.25) is 0 Å². The van der Waals surface area contributed by atoms with Crippen molar-refractivity contribution in [2.45, 2.75) is 50.0 Å². The van der Waals surface area contributed by atoms with Gasteiger partial charge in [-0.05, 0) is 49.9 Å². The Morgan fingerprint density at radius 1 is 1.21 bits per heavy atom. The summed E-state index contributed by atoms with van der Waals surface area (Å²) in [5.41, 5.74) is 0. The maximum atomic E-state index is 12.3. The highest BCUT2D eigenvalue weighted by Crippen LogP contribution is 2.24. The fraction of sp³-hybridized carbons (Fsp3) is 0.500. The number of nitrogens with one attached hydrogen (secondary N) is 1. The second-order valence-electron chi connectivity index (χ2n) is 5.86. The van der Waals surface area contributed by atoms with Gasteiger partial charge in [-0.3, -0.25) is 0 Å². The molecule has 0 spiro atoms. The second-order valence-corrected chi connectivity index (χ2v) is 7.63. The average Bonchev–Trinajstić information content (AvgIpc) is 3.20. The second kappa shape index (κ2) is 7.31. The Hall–Kier alpha value is -1.93. The van der Waals surface area contributed by atoms with Gasteiger partial charge in [0.25, 0.3) is 0 Å². The Morgan fingerprint density at radius 2 is 1.92 bits per heavy atom. The van der Waals surface area contributed by atoms with Crippen molar-refractivity contribution < 1.29 is 17.6 Å². The molecule has 2 aromatic rings. The Morgan fingerprint density at radius 3 is 2.54 bits per heavy atom. The predicted octanol–water partition coefficient (Wildman–Crippen LogP) is 2.22. The molecule has 0 saturated heterocycles. The minimum atomic E-state index is -3.56. The lowest BCUT2D eigenvalue weighted by Gasteiger charge is -2.13. The number of rotatable bonds is 7. The first-order valence-corrected chi connectivity index (χ1v) is 9.57. The van der Waals surface area contributed by atoms with Crippen LogP contribution in [0.1, 0.15) is 37.5 Å². The molecule has 1 aliphatic carbocycles. The van der Waals surface area contributed by atoms with Crippen LogP contribution >= 0.6 is 0 Å². The number of aromatic nitrogens is 2. The molecule has 1 aromatic heterocycles. The molecular formula is C16H21N3O4S. The largest absolute Gasteiger partial charge is 0.490 e. The van der Waals surface area contributed by atoms with Crippen molar-refractivity contribution in [3.05, 3.63) is 36.0 Å². The van der Waals surface area contributed by atoms with Crippen LogP contribution in [0.25, 0.3) is 0 Å². The molecule has 7 nitrogen and oxygen atoms in total. The fourth-order valence-corrected chi connectivity index (χ4v) is 3.74. The summed E-state index contributed by atoms with van der Waals surface area (Å²) in [6, 6.07) is 6.52. The number of hydrogen-bond acceptors (Lipinski definition) is 6. The molecule has 0 radical (unpaired) electrons. The number of benzene rings is 1. The molecule has 0 aliphatic heterocycles. The number of aryl methyl sites for hydroxylation is 1. The van der Waals surface area contributed by atoms with Gasteiger partial charge in [0.2, 0.25) is 21.8 Å². The summed E-state index contributed by atoms with van der Waals surface area (Å²) in [5.74, 6) is 1.59. The first kappa shape index (κ1) is 16.9. The minimum absolute atomic E-state index is 0.199. The molecule has 1 aromatic carbocycles. The maximum absolute atomic E-state index is 12.3. The molecule has 0 atom stereocenters. The number of nitrogens with zero attached hydrogens (tertiary/aromatic N) is 2. The van der Waals surface area contributed by atoms with Crippen LogP contribution in [-0.2, 0) is 16.4 Å². The Bertz CT molecular complexity index is 765. The van der Waals surface area contributed by atoms with Gasteiger partial charge in [-0.1, -0.05) is 0 Å². The molecule has 1 saturated carbocycles. The van der Waals surface area contributed by atoms with Gasteiger partial charge in [0.1, 0.15) is 5.75 Å². The van der Waals surface area contributed by atoms with Gasteiger partial charge in [0, 0.05) is 19.9 Å². The van der Waals surface area contributed by atoms with E-state index >= 15 is 0 Å². The maximum Gasteiger partial charge on any atom is 0.240 e. The molecule has 0 unspecified atom stereocenters. The number of sulfonamides is 1. The Balaban J connectivity index is 1.55. The Kier molecular flexibility index (Phi) is 5.15.